The van der Waals surface area contributed by atoms with Crippen molar-refractivity contribution in [3.8, 4) is 5.75 Å². The van der Waals surface area contributed by atoms with Gasteiger partial charge >= 0.3 is 0 Å². The summed E-state index contributed by atoms with van der Waals surface area (Å²) in [7, 11) is 5.57. The molecule has 0 saturated carbocycles. The van der Waals surface area contributed by atoms with E-state index < -0.39 is 6.04 Å². The van der Waals surface area contributed by atoms with E-state index in [1.54, 1.807) is 12.0 Å². The van der Waals surface area contributed by atoms with Crippen LogP contribution in [0.5, 0.6) is 5.75 Å². The average molecular weight is 249 g/mol. The predicted octanol–water partition coefficient (Wildman–Crippen LogP) is 0.603. The largest absolute Gasteiger partial charge is 0.497 e. The zero-order chi connectivity index (χ0) is 13.3. The second-order valence-electron chi connectivity index (χ2n) is 4.70. The van der Waals surface area contributed by atoms with Gasteiger partial charge in [-0.2, -0.15) is 0 Å². The number of amides is 1. The normalized spacial score (nSPS) is 18.4. The van der Waals surface area contributed by atoms with Crippen molar-refractivity contribution in [3.05, 3.63) is 23.8 Å². The second kappa shape index (κ2) is 4.96. The molecule has 1 amide bonds. The SMILES string of the molecule is COc1ccc2c(c1)N(CCN(C)C)C(=O)C2N. The van der Waals surface area contributed by atoms with Gasteiger partial charge in [0, 0.05) is 24.7 Å². The van der Waals surface area contributed by atoms with E-state index in [1.807, 2.05) is 37.2 Å². The van der Waals surface area contributed by atoms with Gasteiger partial charge in [0.2, 0.25) is 5.91 Å². The molecule has 98 valence electrons. The topological polar surface area (TPSA) is 58.8 Å². The molecule has 18 heavy (non-hydrogen) atoms. The van der Waals surface area contributed by atoms with Crippen molar-refractivity contribution < 1.29 is 9.53 Å². The molecule has 0 aromatic heterocycles. The summed E-state index contributed by atoms with van der Waals surface area (Å²) in [4.78, 5) is 15.9. The Kier molecular flexibility index (Phi) is 3.54. The van der Waals surface area contributed by atoms with Crippen molar-refractivity contribution in [3.63, 3.8) is 0 Å². The summed E-state index contributed by atoms with van der Waals surface area (Å²) in [5, 5.41) is 0. The highest BCUT2D eigenvalue weighted by molar-refractivity contribution is 6.04. The quantitative estimate of drug-likeness (QED) is 0.849. The van der Waals surface area contributed by atoms with Crippen molar-refractivity contribution >= 4 is 11.6 Å². The Labute approximate surface area is 107 Å². The predicted molar refractivity (Wildman–Crippen MR) is 70.8 cm³/mol. The van der Waals surface area contributed by atoms with E-state index in [-0.39, 0.29) is 5.91 Å². The Hall–Kier alpha value is -1.59. The molecule has 1 aromatic carbocycles. The van der Waals surface area contributed by atoms with Crippen molar-refractivity contribution in [2.24, 2.45) is 5.73 Å². The van der Waals surface area contributed by atoms with Crippen LogP contribution in [0.1, 0.15) is 11.6 Å². The molecule has 2 rings (SSSR count). The first-order valence-corrected chi connectivity index (χ1v) is 5.94. The van der Waals surface area contributed by atoms with Gasteiger partial charge < -0.3 is 20.3 Å². The monoisotopic (exact) mass is 249 g/mol. The number of carbonyl (C=O) groups excluding carboxylic acids is 1. The van der Waals surface area contributed by atoms with Gasteiger partial charge in [-0.3, -0.25) is 4.79 Å². The van der Waals surface area contributed by atoms with Crippen LogP contribution in [0.3, 0.4) is 0 Å². The number of nitrogens with two attached hydrogens (primary N) is 1. The summed E-state index contributed by atoms with van der Waals surface area (Å²) in [6, 6.07) is 5.02. The fourth-order valence-electron chi connectivity index (χ4n) is 2.10. The molecule has 0 aliphatic carbocycles. The number of methoxy groups -OCH3 is 1. The van der Waals surface area contributed by atoms with Crippen LogP contribution in [0, 0.1) is 0 Å². The van der Waals surface area contributed by atoms with Gasteiger partial charge in [-0.25, -0.2) is 0 Å². The minimum absolute atomic E-state index is 0.0416. The number of benzene rings is 1. The number of ether oxygens (including phenoxy) is 1. The minimum Gasteiger partial charge on any atom is -0.497 e. The van der Waals surface area contributed by atoms with E-state index in [0.29, 0.717) is 6.54 Å². The van der Waals surface area contributed by atoms with E-state index in [2.05, 4.69) is 0 Å². The zero-order valence-corrected chi connectivity index (χ0v) is 11.0. The molecule has 0 saturated heterocycles. The van der Waals surface area contributed by atoms with Crippen molar-refractivity contribution in [1.82, 2.24) is 4.90 Å². The molecule has 1 aromatic rings. The molecule has 0 radical (unpaired) electrons. The van der Waals surface area contributed by atoms with Crippen LogP contribution < -0.4 is 15.4 Å². The van der Waals surface area contributed by atoms with Crippen LogP contribution in [0.4, 0.5) is 5.69 Å². The maximum atomic E-state index is 12.1. The molecule has 1 aliphatic rings. The zero-order valence-electron chi connectivity index (χ0n) is 11.0. The Bertz CT molecular complexity index is 460. The van der Waals surface area contributed by atoms with E-state index in [9.17, 15) is 4.79 Å². The van der Waals surface area contributed by atoms with Crippen molar-refractivity contribution in [2.45, 2.75) is 6.04 Å². The Morgan fingerprint density at radius 1 is 1.44 bits per heavy atom. The third-order valence-electron chi connectivity index (χ3n) is 3.17. The highest BCUT2D eigenvalue weighted by Gasteiger charge is 2.34. The highest BCUT2D eigenvalue weighted by Crippen LogP contribution is 2.36. The Morgan fingerprint density at radius 3 is 2.78 bits per heavy atom. The number of likely N-dealkylation sites (N-methyl/N-ethyl adjacent to an activating group) is 1. The standard InChI is InChI=1S/C13H19N3O2/c1-15(2)6-7-16-11-8-9(18-3)4-5-10(11)12(14)13(16)17/h4-5,8,12H,6-7,14H2,1-3H3. The van der Waals surface area contributed by atoms with E-state index >= 15 is 0 Å². The lowest BCUT2D eigenvalue weighted by Gasteiger charge is -2.20. The lowest BCUT2D eigenvalue weighted by atomic mass is 10.1. The fourth-order valence-corrected chi connectivity index (χ4v) is 2.10. The molecule has 2 N–H and O–H groups in total. The smallest absolute Gasteiger partial charge is 0.248 e. The van der Waals surface area contributed by atoms with Crippen LogP contribution in [-0.2, 0) is 4.79 Å². The summed E-state index contributed by atoms with van der Waals surface area (Å²) in [6.45, 7) is 1.44. The first-order valence-electron chi connectivity index (χ1n) is 5.94. The fraction of sp³-hybridized carbons (Fsp3) is 0.462. The van der Waals surface area contributed by atoms with Crippen LogP contribution in [0.15, 0.2) is 18.2 Å². The molecule has 1 atom stereocenters. The highest BCUT2D eigenvalue weighted by atomic mass is 16.5. The van der Waals surface area contributed by atoms with Crippen LogP contribution >= 0.6 is 0 Å². The molecule has 5 nitrogen and oxygen atoms in total. The van der Waals surface area contributed by atoms with Gasteiger partial charge in [0.25, 0.3) is 0 Å². The number of hydrogen-bond acceptors (Lipinski definition) is 4. The Balaban J connectivity index is 2.30. The summed E-state index contributed by atoms with van der Waals surface area (Å²) in [5.41, 5.74) is 7.68. The van der Waals surface area contributed by atoms with Gasteiger partial charge in [-0.1, -0.05) is 6.07 Å². The summed E-state index contributed by atoms with van der Waals surface area (Å²) in [5.74, 6) is 0.700. The number of anilines is 1. The van der Waals surface area contributed by atoms with Gasteiger partial charge in [0.1, 0.15) is 11.8 Å². The van der Waals surface area contributed by atoms with Crippen molar-refractivity contribution in [1.29, 1.82) is 0 Å². The number of fused-ring (bicyclic) bond motifs is 1. The minimum atomic E-state index is -0.548. The summed E-state index contributed by atoms with van der Waals surface area (Å²) >= 11 is 0. The molecule has 0 fully saturated rings. The first kappa shape index (κ1) is 12.9. The van der Waals surface area contributed by atoms with Gasteiger partial charge in [-0.05, 0) is 20.2 Å². The average Bonchev–Trinajstić information content (AvgIpc) is 2.59. The number of hydrogen-bond donors (Lipinski definition) is 1. The maximum Gasteiger partial charge on any atom is 0.248 e. The molecule has 1 unspecified atom stereocenters. The van der Waals surface area contributed by atoms with Crippen molar-refractivity contribution in [2.75, 3.05) is 39.2 Å². The molecule has 1 heterocycles. The van der Waals surface area contributed by atoms with E-state index in [1.165, 1.54) is 0 Å². The molecule has 5 heteroatoms. The lowest BCUT2D eigenvalue weighted by Crippen LogP contribution is -2.36. The van der Waals surface area contributed by atoms with Crippen LogP contribution in [-0.4, -0.2) is 45.1 Å². The third-order valence-corrected chi connectivity index (χ3v) is 3.17. The Morgan fingerprint density at radius 2 is 2.17 bits per heavy atom. The van der Waals surface area contributed by atoms with Gasteiger partial charge in [-0.15, -0.1) is 0 Å². The first-order chi connectivity index (χ1) is 8.54. The third kappa shape index (κ3) is 2.19. The molecular formula is C13H19N3O2. The molecule has 1 aliphatic heterocycles. The summed E-state index contributed by atoms with van der Waals surface area (Å²) < 4.78 is 5.19. The van der Waals surface area contributed by atoms with Crippen LogP contribution in [0.2, 0.25) is 0 Å². The number of nitrogens with zero attached hydrogens (tertiary/aromatic N) is 2. The van der Waals surface area contributed by atoms with Crippen LogP contribution in [0.25, 0.3) is 0 Å². The molecular weight excluding hydrogens is 230 g/mol. The second-order valence-corrected chi connectivity index (χ2v) is 4.70. The summed E-state index contributed by atoms with van der Waals surface area (Å²) in [6.07, 6.45) is 0. The lowest BCUT2D eigenvalue weighted by molar-refractivity contribution is -0.119. The molecule has 0 bridgehead atoms. The van der Waals surface area contributed by atoms with E-state index in [4.69, 9.17) is 10.5 Å². The molecule has 0 spiro atoms. The van der Waals surface area contributed by atoms with Gasteiger partial charge in [0.05, 0.1) is 12.8 Å². The number of rotatable bonds is 4. The van der Waals surface area contributed by atoms with E-state index in [0.717, 1.165) is 23.5 Å². The number of carbonyl (C=O) groups is 1. The van der Waals surface area contributed by atoms with Gasteiger partial charge in [0.15, 0.2) is 0 Å². The maximum absolute atomic E-state index is 12.1.